The van der Waals surface area contributed by atoms with Gasteiger partial charge < -0.3 is 14.2 Å². The fourth-order valence-electron chi connectivity index (χ4n) is 3.33. The van der Waals surface area contributed by atoms with E-state index in [-0.39, 0.29) is 11.7 Å². The van der Waals surface area contributed by atoms with Crippen molar-refractivity contribution in [3.8, 4) is 17.2 Å². The first kappa shape index (κ1) is 22.3. The van der Waals surface area contributed by atoms with Crippen LogP contribution in [-0.2, 0) is 14.4 Å². The van der Waals surface area contributed by atoms with Crippen LogP contribution in [0.25, 0.3) is 0 Å². The highest BCUT2D eigenvalue weighted by molar-refractivity contribution is 6.31. The zero-order valence-corrected chi connectivity index (χ0v) is 18.2. The van der Waals surface area contributed by atoms with E-state index in [9.17, 15) is 14.4 Å². The molecule has 2 aromatic carbocycles. The Morgan fingerprint density at radius 3 is 2.23 bits per heavy atom. The topological polar surface area (TPSA) is 94.5 Å². The van der Waals surface area contributed by atoms with Gasteiger partial charge in [0.15, 0.2) is 11.5 Å². The number of amides is 1. The number of carbonyl (C=O) groups excluding carboxylic acids is 3. The largest absolute Gasteiger partial charge is 0.493 e. The molecule has 0 saturated carbocycles. The average Bonchev–Trinajstić information content (AvgIpc) is 3.14. The van der Waals surface area contributed by atoms with Crippen molar-refractivity contribution in [3.05, 3.63) is 52.5 Å². The number of benzene rings is 2. The summed E-state index contributed by atoms with van der Waals surface area (Å²) in [5.74, 6) is -0.274. The van der Waals surface area contributed by atoms with Crippen molar-refractivity contribution < 1.29 is 28.6 Å². The minimum Gasteiger partial charge on any atom is -0.493 e. The molecule has 8 nitrogen and oxygen atoms in total. The molecule has 2 aromatic rings. The van der Waals surface area contributed by atoms with E-state index in [4.69, 9.17) is 25.8 Å². The number of carbonyl (C=O) groups is 3. The number of rotatable bonds is 5. The Hall–Kier alpha value is -3.39. The van der Waals surface area contributed by atoms with Crippen molar-refractivity contribution in [2.75, 3.05) is 7.11 Å². The standard InChI is InChI=1S/C22H21ClN2O6/c1-12(26)25-19(15-5-7-21(31-14(3)28)22(9-15)29-4)11-18(24-25)17-10-16(23)6-8-20(17)30-13(2)27/h5-10,19H,11H2,1-4H3/t19-/m0/s1. The smallest absolute Gasteiger partial charge is 0.308 e. The molecule has 0 bridgehead atoms. The van der Waals surface area contributed by atoms with Crippen LogP contribution in [0.4, 0.5) is 0 Å². The van der Waals surface area contributed by atoms with Gasteiger partial charge in [0.1, 0.15) is 5.75 Å². The van der Waals surface area contributed by atoms with E-state index in [1.807, 2.05) is 0 Å². The summed E-state index contributed by atoms with van der Waals surface area (Å²) in [6.07, 6.45) is 0.351. The molecular weight excluding hydrogens is 424 g/mol. The van der Waals surface area contributed by atoms with Crippen LogP contribution in [0.1, 0.15) is 44.4 Å². The molecule has 0 N–H and O–H groups in total. The van der Waals surface area contributed by atoms with Gasteiger partial charge in [-0.05, 0) is 35.9 Å². The van der Waals surface area contributed by atoms with Gasteiger partial charge in [-0.2, -0.15) is 5.10 Å². The van der Waals surface area contributed by atoms with E-state index in [0.29, 0.717) is 34.2 Å². The van der Waals surface area contributed by atoms with E-state index in [1.165, 1.54) is 32.9 Å². The first-order valence-electron chi connectivity index (χ1n) is 9.41. The molecule has 1 aliphatic rings. The number of nitrogens with zero attached hydrogens (tertiary/aromatic N) is 2. The first-order valence-corrected chi connectivity index (χ1v) is 9.79. The van der Waals surface area contributed by atoms with Crippen molar-refractivity contribution in [3.63, 3.8) is 0 Å². The highest BCUT2D eigenvalue weighted by Crippen LogP contribution is 2.39. The lowest BCUT2D eigenvalue weighted by Gasteiger charge is -2.21. The Bertz CT molecular complexity index is 1080. The van der Waals surface area contributed by atoms with E-state index < -0.39 is 18.0 Å². The number of esters is 2. The SMILES string of the molecule is COc1cc([C@@H]2CC(c3cc(Cl)ccc3OC(C)=O)=NN2C(C)=O)ccc1OC(C)=O. The normalized spacial score (nSPS) is 15.3. The third-order valence-electron chi connectivity index (χ3n) is 4.57. The Morgan fingerprint density at radius 1 is 0.968 bits per heavy atom. The molecule has 1 heterocycles. The summed E-state index contributed by atoms with van der Waals surface area (Å²) in [6, 6.07) is 9.45. The maximum absolute atomic E-state index is 12.3. The van der Waals surface area contributed by atoms with Gasteiger partial charge in [0.05, 0.1) is 18.9 Å². The number of hydrogen-bond acceptors (Lipinski definition) is 7. The molecule has 0 aromatic heterocycles. The monoisotopic (exact) mass is 444 g/mol. The number of hydrogen-bond donors (Lipinski definition) is 0. The van der Waals surface area contributed by atoms with Crippen LogP contribution < -0.4 is 14.2 Å². The fraction of sp³-hybridized carbons (Fsp3) is 0.273. The van der Waals surface area contributed by atoms with E-state index in [2.05, 4.69) is 5.10 Å². The quantitative estimate of drug-likeness (QED) is 0.512. The van der Waals surface area contributed by atoms with Gasteiger partial charge in [0, 0.05) is 37.8 Å². The second-order valence-corrected chi connectivity index (χ2v) is 7.30. The third-order valence-corrected chi connectivity index (χ3v) is 4.80. The predicted octanol–water partition coefficient (Wildman–Crippen LogP) is 3.90. The highest BCUT2D eigenvalue weighted by Gasteiger charge is 2.33. The van der Waals surface area contributed by atoms with Crippen LogP contribution in [0.3, 0.4) is 0 Å². The first-order chi connectivity index (χ1) is 14.7. The lowest BCUT2D eigenvalue weighted by atomic mass is 9.97. The van der Waals surface area contributed by atoms with Crippen LogP contribution in [0.2, 0.25) is 5.02 Å². The van der Waals surface area contributed by atoms with E-state index in [1.54, 1.807) is 36.4 Å². The second-order valence-electron chi connectivity index (χ2n) is 6.87. The lowest BCUT2D eigenvalue weighted by Crippen LogP contribution is -2.24. The molecule has 1 aliphatic heterocycles. The summed E-state index contributed by atoms with van der Waals surface area (Å²) < 4.78 is 15.8. The number of halogens is 1. The maximum atomic E-state index is 12.3. The van der Waals surface area contributed by atoms with Gasteiger partial charge in [-0.3, -0.25) is 14.4 Å². The molecule has 162 valence electrons. The lowest BCUT2D eigenvalue weighted by molar-refractivity contribution is -0.132. The summed E-state index contributed by atoms with van der Waals surface area (Å²) in [6.45, 7) is 4.01. The van der Waals surface area contributed by atoms with Crippen molar-refractivity contribution in [2.24, 2.45) is 5.10 Å². The van der Waals surface area contributed by atoms with Crippen LogP contribution in [0.15, 0.2) is 41.5 Å². The zero-order valence-electron chi connectivity index (χ0n) is 17.5. The molecular formula is C22H21ClN2O6. The molecule has 0 spiro atoms. The number of ether oxygens (including phenoxy) is 3. The highest BCUT2D eigenvalue weighted by atomic mass is 35.5. The minimum atomic E-state index is -0.479. The number of hydrazone groups is 1. The van der Waals surface area contributed by atoms with Crippen LogP contribution in [-0.4, -0.2) is 35.7 Å². The summed E-state index contributed by atoms with van der Waals surface area (Å²) in [7, 11) is 1.46. The van der Waals surface area contributed by atoms with Gasteiger partial charge in [-0.1, -0.05) is 17.7 Å². The van der Waals surface area contributed by atoms with Crippen molar-refractivity contribution >= 4 is 35.2 Å². The van der Waals surface area contributed by atoms with Crippen molar-refractivity contribution in [1.82, 2.24) is 5.01 Å². The predicted molar refractivity (Wildman–Crippen MR) is 113 cm³/mol. The molecule has 0 fully saturated rings. The summed E-state index contributed by atoms with van der Waals surface area (Å²) in [5, 5.41) is 6.27. The van der Waals surface area contributed by atoms with E-state index in [0.717, 1.165) is 5.56 Å². The molecule has 0 saturated heterocycles. The van der Waals surface area contributed by atoms with Gasteiger partial charge in [-0.15, -0.1) is 0 Å². The molecule has 9 heteroatoms. The average molecular weight is 445 g/mol. The number of methoxy groups -OCH3 is 1. The minimum absolute atomic E-state index is 0.265. The van der Waals surface area contributed by atoms with Gasteiger partial charge >= 0.3 is 11.9 Å². The molecule has 0 unspecified atom stereocenters. The fourth-order valence-corrected chi connectivity index (χ4v) is 3.50. The Morgan fingerprint density at radius 2 is 1.61 bits per heavy atom. The van der Waals surface area contributed by atoms with Crippen LogP contribution in [0.5, 0.6) is 17.2 Å². The molecule has 1 atom stereocenters. The van der Waals surface area contributed by atoms with Crippen molar-refractivity contribution in [2.45, 2.75) is 33.2 Å². The Balaban J connectivity index is 1.99. The maximum Gasteiger partial charge on any atom is 0.308 e. The Kier molecular flexibility index (Phi) is 6.60. The zero-order chi connectivity index (χ0) is 22.7. The van der Waals surface area contributed by atoms with Gasteiger partial charge in [-0.25, -0.2) is 5.01 Å². The Labute approximate surface area is 184 Å². The summed E-state index contributed by atoms with van der Waals surface area (Å²) in [5.41, 5.74) is 1.81. The molecule has 31 heavy (non-hydrogen) atoms. The van der Waals surface area contributed by atoms with Crippen LogP contribution >= 0.6 is 11.6 Å². The molecule has 0 radical (unpaired) electrons. The third kappa shape index (κ3) is 5.03. The van der Waals surface area contributed by atoms with E-state index >= 15 is 0 Å². The van der Waals surface area contributed by atoms with Crippen LogP contribution in [0, 0.1) is 0 Å². The van der Waals surface area contributed by atoms with Gasteiger partial charge in [0.25, 0.3) is 0 Å². The second kappa shape index (κ2) is 9.18. The van der Waals surface area contributed by atoms with Gasteiger partial charge in [0.2, 0.25) is 5.91 Å². The summed E-state index contributed by atoms with van der Waals surface area (Å²) in [4.78, 5) is 35.1. The molecule has 1 amide bonds. The molecule has 3 rings (SSSR count). The summed E-state index contributed by atoms with van der Waals surface area (Å²) >= 11 is 6.15. The van der Waals surface area contributed by atoms with Crippen molar-refractivity contribution in [1.29, 1.82) is 0 Å². The molecule has 0 aliphatic carbocycles.